The second-order valence-corrected chi connectivity index (χ2v) is 9.62. The average Bonchev–Trinajstić information content (AvgIpc) is 3.16. The molecule has 32 heavy (non-hydrogen) atoms. The number of halogens is 2. The normalized spacial score (nSPS) is 16.7. The third kappa shape index (κ3) is 4.96. The summed E-state index contributed by atoms with van der Waals surface area (Å²) in [6.07, 6.45) is 1.50. The van der Waals surface area contributed by atoms with Crippen molar-refractivity contribution in [2.75, 3.05) is 19.7 Å². The summed E-state index contributed by atoms with van der Waals surface area (Å²) in [7, 11) is 0. The molecule has 0 aliphatic carbocycles. The molecule has 3 rings (SSSR count). The van der Waals surface area contributed by atoms with Crippen LogP contribution in [0.2, 0.25) is 10.0 Å². The number of piperidine rings is 1. The van der Waals surface area contributed by atoms with Gasteiger partial charge >= 0.3 is 5.97 Å². The van der Waals surface area contributed by atoms with E-state index in [0.717, 1.165) is 29.9 Å². The molecule has 6 nitrogen and oxygen atoms in total. The summed E-state index contributed by atoms with van der Waals surface area (Å²) in [5, 5.41) is 5.74. The van der Waals surface area contributed by atoms with Crippen LogP contribution in [0.3, 0.4) is 0 Å². The number of esters is 1. The predicted octanol–water partition coefficient (Wildman–Crippen LogP) is 5.84. The topological polar surface area (TPSA) is 64.4 Å². The lowest BCUT2D eigenvalue weighted by Crippen LogP contribution is -2.43. The molecule has 174 valence electrons. The third-order valence-electron chi connectivity index (χ3n) is 5.73. The Bertz CT molecular complexity index is 1000. The van der Waals surface area contributed by atoms with Crippen molar-refractivity contribution in [3.63, 3.8) is 0 Å². The van der Waals surface area contributed by atoms with E-state index < -0.39 is 0 Å². The molecule has 1 amide bonds. The molecule has 1 aromatic heterocycles. The highest BCUT2D eigenvalue weighted by molar-refractivity contribution is 6.42. The van der Waals surface area contributed by atoms with Gasteiger partial charge in [-0.25, -0.2) is 4.68 Å². The van der Waals surface area contributed by atoms with Gasteiger partial charge in [-0.2, -0.15) is 5.10 Å². The van der Waals surface area contributed by atoms with Gasteiger partial charge in [0.2, 0.25) is 0 Å². The smallest absolute Gasteiger partial charge is 0.310 e. The lowest BCUT2D eigenvalue weighted by Gasteiger charge is -2.32. The molecule has 0 N–H and O–H groups in total. The molecule has 0 spiro atoms. The fourth-order valence-corrected chi connectivity index (χ4v) is 4.48. The molecule has 1 fully saturated rings. The van der Waals surface area contributed by atoms with E-state index in [1.165, 1.54) is 0 Å². The summed E-state index contributed by atoms with van der Waals surface area (Å²) in [5.74, 6) is -0.527. The quantitative estimate of drug-likeness (QED) is 0.488. The Labute approximate surface area is 199 Å². The van der Waals surface area contributed by atoms with E-state index in [-0.39, 0.29) is 29.6 Å². The number of ether oxygens (including phenoxy) is 1. The van der Waals surface area contributed by atoms with Crippen molar-refractivity contribution in [2.24, 2.45) is 5.92 Å². The van der Waals surface area contributed by atoms with Crippen molar-refractivity contribution in [2.45, 2.75) is 59.3 Å². The average molecular weight is 480 g/mol. The molecule has 1 aliphatic rings. The van der Waals surface area contributed by atoms with Gasteiger partial charge in [-0.05, 0) is 49.8 Å². The van der Waals surface area contributed by atoms with Crippen LogP contribution in [0.5, 0.6) is 0 Å². The van der Waals surface area contributed by atoms with Gasteiger partial charge in [0.1, 0.15) is 0 Å². The molecule has 0 radical (unpaired) electrons. The fraction of sp³-hybridized carbons (Fsp3) is 0.542. The van der Waals surface area contributed by atoms with Gasteiger partial charge < -0.3 is 9.64 Å². The van der Waals surface area contributed by atoms with Crippen LogP contribution in [0.1, 0.15) is 81.0 Å². The van der Waals surface area contributed by atoms with Crippen molar-refractivity contribution < 1.29 is 14.3 Å². The summed E-state index contributed by atoms with van der Waals surface area (Å²) < 4.78 is 7.01. The van der Waals surface area contributed by atoms with Crippen LogP contribution in [0.25, 0.3) is 5.69 Å². The number of benzene rings is 1. The van der Waals surface area contributed by atoms with Crippen LogP contribution in [-0.4, -0.2) is 46.3 Å². The summed E-state index contributed by atoms with van der Waals surface area (Å²) in [4.78, 5) is 27.9. The maximum absolute atomic E-state index is 13.8. The molecule has 1 aliphatic heterocycles. The monoisotopic (exact) mass is 479 g/mol. The number of rotatable bonds is 6. The summed E-state index contributed by atoms with van der Waals surface area (Å²) in [6, 6.07) is 5.35. The van der Waals surface area contributed by atoms with Crippen LogP contribution < -0.4 is 0 Å². The van der Waals surface area contributed by atoms with Crippen LogP contribution in [-0.2, 0) is 9.53 Å². The fourth-order valence-electron chi connectivity index (χ4n) is 4.19. The zero-order valence-corrected chi connectivity index (χ0v) is 20.8. The van der Waals surface area contributed by atoms with Gasteiger partial charge in [0.25, 0.3) is 5.91 Å². The number of likely N-dealkylation sites (tertiary alicyclic amines) is 1. The minimum absolute atomic E-state index is 0.0362. The van der Waals surface area contributed by atoms with Crippen LogP contribution >= 0.6 is 23.2 Å². The van der Waals surface area contributed by atoms with Gasteiger partial charge in [0.15, 0.2) is 0 Å². The van der Waals surface area contributed by atoms with E-state index in [9.17, 15) is 9.59 Å². The number of hydrogen-bond acceptors (Lipinski definition) is 4. The molecule has 1 aromatic carbocycles. The van der Waals surface area contributed by atoms with E-state index in [1.807, 2.05) is 38.4 Å². The van der Waals surface area contributed by atoms with Crippen molar-refractivity contribution in [3.05, 3.63) is 45.2 Å². The zero-order valence-electron chi connectivity index (χ0n) is 19.3. The Hall–Kier alpha value is -2.05. The first-order valence-electron chi connectivity index (χ1n) is 11.2. The van der Waals surface area contributed by atoms with E-state index in [1.54, 1.807) is 24.0 Å². The molecule has 0 bridgehead atoms. The zero-order chi connectivity index (χ0) is 23.6. The molecular formula is C24H31Cl2N3O3. The number of carbonyl (C=O) groups is 2. The molecule has 2 aromatic rings. The standard InChI is InChI=1S/C24H31Cl2N3O3/c1-6-32-24(31)16-8-7-11-28(13-16)23(30)20-21(14(2)3)27-29(22(20)15(4)5)17-9-10-18(25)19(26)12-17/h9-10,12,14-16H,6-8,11,13H2,1-5H3. The highest BCUT2D eigenvalue weighted by Gasteiger charge is 2.35. The van der Waals surface area contributed by atoms with E-state index in [2.05, 4.69) is 0 Å². The maximum Gasteiger partial charge on any atom is 0.310 e. The predicted molar refractivity (Wildman–Crippen MR) is 127 cm³/mol. The van der Waals surface area contributed by atoms with Gasteiger partial charge in [-0.3, -0.25) is 9.59 Å². The minimum Gasteiger partial charge on any atom is -0.466 e. The van der Waals surface area contributed by atoms with Crippen molar-refractivity contribution in [3.8, 4) is 5.69 Å². The summed E-state index contributed by atoms with van der Waals surface area (Å²) >= 11 is 12.4. The van der Waals surface area contributed by atoms with Crippen molar-refractivity contribution in [1.82, 2.24) is 14.7 Å². The molecule has 2 heterocycles. The Kier molecular flexibility index (Phi) is 7.88. The second-order valence-electron chi connectivity index (χ2n) is 8.81. The number of hydrogen-bond donors (Lipinski definition) is 0. The number of carbonyl (C=O) groups excluding carboxylic acids is 2. The SMILES string of the molecule is CCOC(=O)C1CCCN(C(=O)c2c(C(C)C)nn(-c3ccc(Cl)c(Cl)c3)c2C(C)C)C1. The first-order valence-corrected chi connectivity index (χ1v) is 11.9. The van der Waals surface area contributed by atoms with E-state index in [0.29, 0.717) is 35.3 Å². The first kappa shape index (κ1) is 24.6. The van der Waals surface area contributed by atoms with Gasteiger partial charge in [0.05, 0.1) is 45.2 Å². The van der Waals surface area contributed by atoms with E-state index >= 15 is 0 Å². The Balaban J connectivity index is 2.06. The number of aromatic nitrogens is 2. The molecule has 8 heteroatoms. The first-order chi connectivity index (χ1) is 15.1. The summed E-state index contributed by atoms with van der Waals surface area (Å²) in [6.45, 7) is 11.3. The molecular weight excluding hydrogens is 449 g/mol. The van der Waals surface area contributed by atoms with Crippen LogP contribution in [0.15, 0.2) is 18.2 Å². The molecule has 1 saturated heterocycles. The molecule has 1 unspecified atom stereocenters. The summed E-state index contributed by atoms with van der Waals surface area (Å²) in [5.41, 5.74) is 2.94. The minimum atomic E-state index is -0.289. The van der Waals surface area contributed by atoms with Crippen molar-refractivity contribution >= 4 is 35.1 Å². The largest absolute Gasteiger partial charge is 0.466 e. The van der Waals surface area contributed by atoms with Gasteiger partial charge in [0, 0.05) is 13.1 Å². The second kappa shape index (κ2) is 10.3. The number of amides is 1. The Morgan fingerprint density at radius 3 is 2.47 bits per heavy atom. The maximum atomic E-state index is 13.8. The molecule has 0 saturated carbocycles. The van der Waals surface area contributed by atoms with Crippen molar-refractivity contribution in [1.29, 1.82) is 0 Å². The highest BCUT2D eigenvalue weighted by atomic mass is 35.5. The van der Waals surface area contributed by atoms with E-state index in [4.69, 9.17) is 33.0 Å². The Morgan fingerprint density at radius 1 is 1.16 bits per heavy atom. The van der Waals surface area contributed by atoms with Crippen LogP contribution in [0, 0.1) is 5.92 Å². The van der Waals surface area contributed by atoms with Gasteiger partial charge in [-0.1, -0.05) is 50.9 Å². The number of nitrogens with zero attached hydrogens (tertiary/aromatic N) is 3. The molecule has 1 atom stereocenters. The third-order valence-corrected chi connectivity index (χ3v) is 6.47. The lowest BCUT2D eigenvalue weighted by molar-refractivity contribution is -0.149. The Morgan fingerprint density at radius 2 is 1.88 bits per heavy atom. The van der Waals surface area contributed by atoms with Gasteiger partial charge in [-0.15, -0.1) is 0 Å². The highest BCUT2D eigenvalue weighted by Crippen LogP contribution is 2.33. The lowest BCUT2D eigenvalue weighted by atomic mass is 9.94. The van der Waals surface area contributed by atoms with Crippen LogP contribution in [0.4, 0.5) is 0 Å².